The lowest BCUT2D eigenvalue weighted by molar-refractivity contribution is 0.482. The van der Waals surface area contributed by atoms with Crippen molar-refractivity contribution in [2.24, 2.45) is 0 Å². The molecule has 1 aliphatic heterocycles. The number of hydrogen-bond donors (Lipinski definition) is 1. The Balaban J connectivity index is 2.75. The molecule has 0 amide bonds. The zero-order valence-electron chi connectivity index (χ0n) is 9.03. The first-order valence-corrected chi connectivity index (χ1v) is 6.18. The van der Waals surface area contributed by atoms with Crippen LogP contribution in [-0.2, 0) is 10.0 Å². The van der Waals surface area contributed by atoms with Gasteiger partial charge in [0.1, 0.15) is 4.90 Å². The Morgan fingerprint density at radius 1 is 1.33 bits per heavy atom. The maximum Gasteiger partial charge on any atom is 0.246 e. The summed E-state index contributed by atoms with van der Waals surface area (Å²) in [6.45, 7) is 4.15. The lowest BCUT2D eigenvalue weighted by Gasteiger charge is -2.27. The number of benzene rings is 1. The molecule has 82 valence electrons. The van der Waals surface area contributed by atoms with E-state index in [2.05, 4.69) is 5.32 Å². The fraction of sp³-hybridized carbons (Fsp3) is 0.400. The molecule has 4 nitrogen and oxygen atoms in total. The first-order valence-electron chi connectivity index (χ1n) is 4.74. The SMILES string of the molecule is Cc1cc(C)c2c(c1)S(=O)(=O)N(C)CN2. The van der Waals surface area contributed by atoms with Crippen LogP contribution >= 0.6 is 0 Å². The van der Waals surface area contributed by atoms with E-state index in [4.69, 9.17) is 0 Å². The highest BCUT2D eigenvalue weighted by Crippen LogP contribution is 2.31. The van der Waals surface area contributed by atoms with Crippen LogP contribution in [0.5, 0.6) is 0 Å². The summed E-state index contributed by atoms with van der Waals surface area (Å²) < 4.78 is 25.3. The third-order valence-corrected chi connectivity index (χ3v) is 4.44. The fourth-order valence-electron chi connectivity index (χ4n) is 1.80. The second-order valence-electron chi connectivity index (χ2n) is 3.89. The summed E-state index contributed by atoms with van der Waals surface area (Å²) >= 11 is 0. The summed E-state index contributed by atoms with van der Waals surface area (Å²) in [5, 5.41) is 3.11. The Hall–Kier alpha value is -1.07. The number of fused-ring (bicyclic) bond motifs is 1. The summed E-state index contributed by atoms with van der Waals surface area (Å²) in [5.74, 6) is 0. The van der Waals surface area contributed by atoms with E-state index in [0.717, 1.165) is 16.8 Å². The number of nitrogens with zero attached hydrogens (tertiary/aromatic N) is 1. The summed E-state index contributed by atoms with van der Waals surface area (Å²) in [5.41, 5.74) is 2.67. The lowest BCUT2D eigenvalue weighted by atomic mass is 10.1. The standard InChI is InChI=1S/C10H14N2O2S/c1-7-4-8(2)10-9(5-7)15(13,14)12(3)6-11-10/h4-5,11H,6H2,1-3H3. The third kappa shape index (κ3) is 1.52. The van der Waals surface area contributed by atoms with Crippen LogP contribution in [0.4, 0.5) is 5.69 Å². The number of hydrogen-bond acceptors (Lipinski definition) is 3. The van der Waals surface area contributed by atoms with E-state index in [9.17, 15) is 8.42 Å². The van der Waals surface area contributed by atoms with E-state index in [1.165, 1.54) is 4.31 Å². The molecule has 0 aromatic heterocycles. The van der Waals surface area contributed by atoms with Crippen molar-refractivity contribution in [2.75, 3.05) is 19.0 Å². The molecule has 1 aliphatic rings. The Labute approximate surface area is 90.0 Å². The monoisotopic (exact) mass is 226 g/mol. The first kappa shape index (κ1) is 10.4. The maximum atomic E-state index is 12.0. The van der Waals surface area contributed by atoms with Crippen molar-refractivity contribution in [2.45, 2.75) is 18.7 Å². The molecule has 2 rings (SSSR count). The van der Waals surface area contributed by atoms with Crippen LogP contribution in [0.1, 0.15) is 11.1 Å². The van der Waals surface area contributed by atoms with Crippen molar-refractivity contribution in [3.05, 3.63) is 23.3 Å². The number of anilines is 1. The van der Waals surface area contributed by atoms with E-state index in [-0.39, 0.29) is 0 Å². The zero-order valence-corrected chi connectivity index (χ0v) is 9.85. The lowest BCUT2D eigenvalue weighted by Crippen LogP contribution is -2.36. The van der Waals surface area contributed by atoms with E-state index in [1.54, 1.807) is 13.1 Å². The summed E-state index contributed by atoms with van der Waals surface area (Å²) in [7, 11) is -1.72. The average molecular weight is 226 g/mol. The van der Waals surface area contributed by atoms with Gasteiger partial charge in [0.05, 0.1) is 12.4 Å². The van der Waals surface area contributed by atoms with Crippen LogP contribution in [0.3, 0.4) is 0 Å². The molecule has 0 aliphatic carbocycles. The molecule has 5 heteroatoms. The number of nitrogens with one attached hydrogen (secondary N) is 1. The molecule has 0 unspecified atom stereocenters. The minimum absolute atomic E-state index is 0.333. The van der Waals surface area contributed by atoms with Crippen molar-refractivity contribution in [3.8, 4) is 0 Å². The number of aryl methyl sites for hydroxylation is 2. The van der Waals surface area contributed by atoms with Crippen LogP contribution < -0.4 is 5.32 Å². The van der Waals surface area contributed by atoms with E-state index >= 15 is 0 Å². The molecule has 1 heterocycles. The molecule has 15 heavy (non-hydrogen) atoms. The zero-order chi connectivity index (χ0) is 11.2. The van der Waals surface area contributed by atoms with Gasteiger partial charge in [0.25, 0.3) is 0 Å². The highest BCUT2D eigenvalue weighted by Gasteiger charge is 2.29. The quantitative estimate of drug-likeness (QED) is 0.725. The normalized spacial score (nSPS) is 19.4. The van der Waals surface area contributed by atoms with Gasteiger partial charge in [-0.05, 0) is 31.0 Å². The summed E-state index contributed by atoms with van der Waals surface area (Å²) in [4.78, 5) is 0.383. The summed E-state index contributed by atoms with van der Waals surface area (Å²) in [6, 6.07) is 3.69. The molecule has 1 N–H and O–H groups in total. The van der Waals surface area contributed by atoms with Gasteiger partial charge in [0, 0.05) is 7.05 Å². The van der Waals surface area contributed by atoms with Crippen LogP contribution in [0.15, 0.2) is 17.0 Å². The highest BCUT2D eigenvalue weighted by molar-refractivity contribution is 7.89. The number of sulfonamides is 1. The average Bonchev–Trinajstić information content (AvgIpc) is 2.12. The molecule has 0 bridgehead atoms. The molecule has 0 fully saturated rings. The summed E-state index contributed by atoms with van der Waals surface area (Å²) in [6.07, 6.45) is 0. The predicted octanol–water partition coefficient (Wildman–Crippen LogP) is 1.31. The Kier molecular flexibility index (Phi) is 2.24. The second-order valence-corrected chi connectivity index (χ2v) is 5.91. The van der Waals surface area contributed by atoms with Gasteiger partial charge in [-0.1, -0.05) is 6.07 Å². The largest absolute Gasteiger partial charge is 0.370 e. The number of rotatable bonds is 0. The van der Waals surface area contributed by atoms with Gasteiger partial charge in [0.2, 0.25) is 10.0 Å². The minimum Gasteiger partial charge on any atom is -0.370 e. The van der Waals surface area contributed by atoms with Crippen molar-refractivity contribution >= 4 is 15.7 Å². The van der Waals surface area contributed by atoms with Gasteiger partial charge in [0.15, 0.2) is 0 Å². The predicted molar refractivity (Wildman–Crippen MR) is 59.4 cm³/mol. The van der Waals surface area contributed by atoms with E-state index in [0.29, 0.717) is 11.6 Å². The maximum absolute atomic E-state index is 12.0. The Morgan fingerprint density at radius 3 is 2.67 bits per heavy atom. The van der Waals surface area contributed by atoms with Crippen molar-refractivity contribution in [1.29, 1.82) is 0 Å². The molecule has 1 aromatic carbocycles. The Morgan fingerprint density at radius 2 is 2.00 bits per heavy atom. The molecule has 0 radical (unpaired) electrons. The van der Waals surface area contributed by atoms with Crippen LogP contribution in [0, 0.1) is 13.8 Å². The smallest absolute Gasteiger partial charge is 0.246 e. The van der Waals surface area contributed by atoms with Crippen molar-refractivity contribution in [1.82, 2.24) is 4.31 Å². The molecule has 0 saturated carbocycles. The topological polar surface area (TPSA) is 49.4 Å². The van der Waals surface area contributed by atoms with Crippen LogP contribution in [0.25, 0.3) is 0 Å². The van der Waals surface area contributed by atoms with Gasteiger partial charge in [-0.3, -0.25) is 0 Å². The van der Waals surface area contributed by atoms with Gasteiger partial charge in [-0.2, -0.15) is 4.31 Å². The minimum atomic E-state index is -3.29. The first-order chi connectivity index (χ1) is 6.93. The second kappa shape index (κ2) is 3.21. The Bertz CT molecular complexity index is 508. The molecule has 0 atom stereocenters. The molecule has 1 aromatic rings. The van der Waals surface area contributed by atoms with Gasteiger partial charge < -0.3 is 5.32 Å². The van der Waals surface area contributed by atoms with Crippen LogP contribution in [0.2, 0.25) is 0 Å². The molecule has 0 saturated heterocycles. The van der Waals surface area contributed by atoms with Crippen molar-refractivity contribution in [3.63, 3.8) is 0 Å². The van der Waals surface area contributed by atoms with Crippen LogP contribution in [-0.4, -0.2) is 26.4 Å². The van der Waals surface area contributed by atoms with E-state index < -0.39 is 10.0 Å². The van der Waals surface area contributed by atoms with Gasteiger partial charge in [-0.25, -0.2) is 8.42 Å². The molecular weight excluding hydrogens is 212 g/mol. The van der Waals surface area contributed by atoms with Crippen molar-refractivity contribution < 1.29 is 8.42 Å². The third-order valence-electron chi connectivity index (χ3n) is 2.61. The van der Waals surface area contributed by atoms with Gasteiger partial charge in [-0.15, -0.1) is 0 Å². The highest BCUT2D eigenvalue weighted by atomic mass is 32.2. The molecular formula is C10H14N2O2S. The fourth-order valence-corrected chi connectivity index (χ4v) is 3.20. The molecule has 0 spiro atoms. The van der Waals surface area contributed by atoms with E-state index in [1.807, 2.05) is 19.9 Å². The van der Waals surface area contributed by atoms with Gasteiger partial charge >= 0.3 is 0 Å².